The van der Waals surface area contributed by atoms with Crippen molar-refractivity contribution in [3.8, 4) is 0 Å². The largest absolute Gasteiger partial charge is 0.348 e. The highest BCUT2D eigenvalue weighted by Crippen LogP contribution is 2.16. The van der Waals surface area contributed by atoms with Crippen LogP contribution in [0.4, 0.5) is 0 Å². The number of carbonyl (C=O) groups excluding carboxylic acids is 1. The second-order valence-corrected chi connectivity index (χ2v) is 9.07. The van der Waals surface area contributed by atoms with E-state index in [0.29, 0.717) is 6.42 Å². The van der Waals surface area contributed by atoms with Gasteiger partial charge < -0.3 is 5.32 Å². The smallest absolute Gasteiger partial charge is 0.235 e. The Hall–Kier alpha value is -1.70. The molecule has 7 heteroatoms. The minimum Gasteiger partial charge on any atom is -0.348 e. The van der Waals surface area contributed by atoms with Crippen LogP contribution < -0.4 is 5.32 Å². The molecule has 0 heterocycles. The lowest BCUT2D eigenvalue weighted by atomic mass is 10.1. The third-order valence-corrected chi connectivity index (χ3v) is 5.81. The van der Waals surface area contributed by atoms with E-state index >= 15 is 0 Å². The summed E-state index contributed by atoms with van der Waals surface area (Å²) in [6.45, 7) is 1.95. The van der Waals surface area contributed by atoms with Crippen LogP contribution in [-0.4, -0.2) is 38.0 Å². The minimum absolute atomic E-state index is 0.188. The Morgan fingerprint density at radius 1 is 1.12 bits per heavy atom. The quantitative estimate of drug-likeness (QED) is 0.688. The molecule has 0 aliphatic carbocycles. The second-order valence-electron chi connectivity index (χ2n) is 6.17. The Balaban J connectivity index is 1.96. The van der Waals surface area contributed by atoms with Crippen LogP contribution in [0.15, 0.2) is 59.1 Å². The Morgan fingerprint density at radius 2 is 1.73 bits per heavy atom. The fourth-order valence-corrected chi connectivity index (χ4v) is 3.58. The molecule has 0 saturated carbocycles. The normalized spacial score (nSPS) is 12.8. The number of carbonyl (C=O) groups is 1. The molecule has 2 aromatic rings. The number of hydrogen-bond acceptors (Lipinski definition) is 3. The SMILES string of the molecule is C[C@H](NC(=O)CN(CCc1ccccc1)S(C)(=O)=O)c1ccc(Br)cc1. The number of rotatable bonds is 8. The van der Waals surface area contributed by atoms with Gasteiger partial charge in [0, 0.05) is 11.0 Å². The number of hydrogen-bond donors (Lipinski definition) is 1. The topological polar surface area (TPSA) is 66.5 Å². The maximum atomic E-state index is 12.3. The molecule has 0 bridgehead atoms. The summed E-state index contributed by atoms with van der Waals surface area (Å²) in [6, 6.07) is 17.0. The van der Waals surface area contributed by atoms with Crippen molar-refractivity contribution in [2.24, 2.45) is 0 Å². The van der Waals surface area contributed by atoms with Crippen molar-refractivity contribution in [1.82, 2.24) is 9.62 Å². The molecule has 1 amide bonds. The molecule has 2 rings (SSSR count). The van der Waals surface area contributed by atoms with E-state index in [-0.39, 0.29) is 25.0 Å². The highest BCUT2D eigenvalue weighted by atomic mass is 79.9. The fourth-order valence-electron chi connectivity index (χ4n) is 2.54. The lowest BCUT2D eigenvalue weighted by Crippen LogP contribution is -2.41. The molecular formula is C19H23BrN2O3S. The summed E-state index contributed by atoms with van der Waals surface area (Å²) in [4.78, 5) is 12.3. The lowest BCUT2D eigenvalue weighted by molar-refractivity contribution is -0.121. The van der Waals surface area contributed by atoms with Crippen LogP contribution in [-0.2, 0) is 21.2 Å². The molecule has 0 radical (unpaired) electrons. The zero-order valence-corrected chi connectivity index (χ0v) is 17.3. The number of benzene rings is 2. The van der Waals surface area contributed by atoms with Crippen LogP contribution in [0.25, 0.3) is 0 Å². The third-order valence-electron chi connectivity index (χ3n) is 4.03. The molecule has 5 nitrogen and oxygen atoms in total. The molecule has 0 spiro atoms. The van der Waals surface area contributed by atoms with Gasteiger partial charge in [-0.15, -0.1) is 0 Å². The zero-order chi connectivity index (χ0) is 19.2. The Morgan fingerprint density at radius 3 is 2.31 bits per heavy atom. The Kier molecular flexibility index (Phi) is 7.37. The fraction of sp³-hybridized carbons (Fsp3) is 0.316. The molecule has 0 aliphatic rings. The van der Waals surface area contributed by atoms with E-state index in [9.17, 15) is 13.2 Å². The molecule has 1 atom stereocenters. The van der Waals surface area contributed by atoms with Gasteiger partial charge in [-0.1, -0.05) is 58.4 Å². The summed E-state index contributed by atoms with van der Waals surface area (Å²) >= 11 is 3.38. The van der Waals surface area contributed by atoms with E-state index in [0.717, 1.165) is 21.9 Å². The third kappa shape index (κ3) is 6.55. The molecule has 0 aliphatic heterocycles. The molecule has 0 aromatic heterocycles. The van der Waals surface area contributed by atoms with E-state index in [1.807, 2.05) is 61.5 Å². The number of nitrogens with one attached hydrogen (secondary N) is 1. The Labute approximate surface area is 163 Å². The van der Waals surface area contributed by atoms with Gasteiger partial charge in [-0.3, -0.25) is 4.79 Å². The summed E-state index contributed by atoms with van der Waals surface area (Å²) in [7, 11) is -3.47. The van der Waals surface area contributed by atoms with Crippen molar-refractivity contribution in [3.05, 3.63) is 70.2 Å². The van der Waals surface area contributed by atoms with Gasteiger partial charge in [-0.2, -0.15) is 4.31 Å². The van der Waals surface area contributed by atoms with Crippen molar-refractivity contribution < 1.29 is 13.2 Å². The molecule has 0 unspecified atom stereocenters. The highest BCUT2D eigenvalue weighted by Gasteiger charge is 2.21. The minimum atomic E-state index is -3.47. The number of sulfonamides is 1. The van der Waals surface area contributed by atoms with Gasteiger partial charge in [0.05, 0.1) is 18.8 Å². The van der Waals surface area contributed by atoms with E-state index in [2.05, 4.69) is 21.2 Å². The summed E-state index contributed by atoms with van der Waals surface area (Å²) in [6.07, 6.45) is 1.69. The van der Waals surface area contributed by atoms with Crippen molar-refractivity contribution in [2.75, 3.05) is 19.3 Å². The van der Waals surface area contributed by atoms with Gasteiger partial charge >= 0.3 is 0 Å². The summed E-state index contributed by atoms with van der Waals surface area (Å²) < 4.78 is 26.2. The van der Waals surface area contributed by atoms with E-state index < -0.39 is 10.0 Å². The standard InChI is InChI=1S/C19H23BrN2O3S/c1-15(17-8-10-18(20)11-9-17)21-19(23)14-22(26(2,24)25)13-12-16-6-4-3-5-7-16/h3-11,15H,12-14H2,1-2H3,(H,21,23)/t15-/m0/s1. The van der Waals surface area contributed by atoms with Crippen molar-refractivity contribution >= 4 is 31.9 Å². The highest BCUT2D eigenvalue weighted by molar-refractivity contribution is 9.10. The van der Waals surface area contributed by atoms with Crippen LogP contribution in [0.5, 0.6) is 0 Å². The first kappa shape index (κ1) is 20.6. The predicted molar refractivity (Wildman–Crippen MR) is 107 cm³/mol. The predicted octanol–water partition coefficient (Wildman–Crippen LogP) is 3.13. The molecule has 26 heavy (non-hydrogen) atoms. The molecule has 1 N–H and O–H groups in total. The van der Waals surface area contributed by atoms with Gasteiger partial charge in [-0.25, -0.2) is 8.42 Å². The molecule has 2 aromatic carbocycles. The number of nitrogens with zero attached hydrogens (tertiary/aromatic N) is 1. The first-order valence-corrected chi connectivity index (χ1v) is 10.9. The van der Waals surface area contributed by atoms with Gasteiger partial charge in [0.2, 0.25) is 15.9 Å². The maximum absolute atomic E-state index is 12.3. The van der Waals surface area contributed by atoms with Gasteiger partial charge in [0.15, 0.2) is 0 Å². The lowest BCUT2D eigenvalue weighted by Gasteiger charge is -2.21. The average molecular weight is 439 g/mol. The van der Waals surface area contributed by atoms with E-state index in [1.165, 1.54) is 4.31 Å². The maximum Gasteiger partial charge on any atom is 0.235 e. The number of amides is 1. The van der Waals surface area contributed by atoms with Crippen LogP contribution in [0, 0.1) is 0 Å². The monoisotopic (exact) mass is 438 g/mol. The van der Waals surface area contributed by atoms with Crippen LogP contribution >= 0.6 is 15.9 Å². The van der Waals surface area contributed by atoms with Crippen LogP contribution in [0.2, 0.25) is 0 Å². The molecule has 0 fully saturated rings. The average Bonchev–Trinajstić information content (AvgIpc) is 2.59. The van der Waals surface area contributed by atoms with Gasteiger partial charge in [0.1, 0.15) is 0 Å². The second kappa shape index (κ2) is 9.30. The van der Waals surface area contributed by atoms with E-state index in [4.69, 9.17) is 0 Å². The van der Waals surface area contributed by atoms with E-state index in [1.54, 1.807) is 0 Å². The first-order valence-electron chi connectivity index (χ1n) is 8.29. The van der Waals surface area contributed by atoms with Gasteiger partial charge in [0.25, 0.3) is 0 Å². The van der Waals surface area contributed by atoms with Crippen molar-refractivity contribution in [2.45, 2.75) is 19.4 Å². The first-order chi connectivity index (χ1) is 12.3. The van der Waals surface area contributed by atoms with Crippen molar-refractivity contribution in [3.63, 3.8) is 0 Å². The van der Waals surface area contributed by atoms with Gasteiger partial charge in [-0.05, 0) is 36.6 Å². The van der Waals surface area contributed by atoms with Crippen molar-refractivity contribution in [1.29, 1.82) is 0 Å². The Bertz CT molecular complexity index is 824. The summed E-state index contributed by atoms with van der Waals surface area (Å²) in [5.41, 5.74) is 1.99. The summed E-state index contributed by atoms with van der Waals surface area (Å²) in [5.74, 6) is -0.320. The summed E-state index contributed by atoms with van der Waals surface area (Å²) in [5, 5.41) is 2.86. The number of halogens is 1. The zero-order valence-electron chi connectivity index (χ0n) is 14.9. The van der Waals surface area contributed by atoms with Crippen LogP contribution in [0.3, 0.4) is 0 Å². The van der Waals surface area contributed by atoms with Crippen LogP contribution in [0.1, 0.15) is 24.1 Å². The molecular weight excluding hydrogens is 416 g/mol. The molecule has 0 saturated heterocycles. The molecule has 140 valence electrons.